The first-order valence-corrected chi connectivity index (χ1v) is 8.39. The van der Waals surface area contributed by atoms with Crippen LogP contribution in [0.3, 0.4) is 0 Å². The van der Waals surface area contributed by atoms with E-state index in [2.05, 4.69) is 14.9 Å². The van der Waals surface area contributed by atoms with Crippen LogP contribution in [0.1, 0.15) is 28.2 Å². The summed E-state index contributed by atoms with van der Waals surface area (Å²) < 4.78 is 22.1. The van der Waals surface area contributed by atoms with E-state index in [9.17, 15) is 9.18 Å². The van der Waals surface area contributed by atoms with Crippen molar-refractivity contribution >= 4 is 17.4 Å². The summed E-state index contributed by atoms with van der Waals surface area (Å²) >= 11 is 1.03. The molecule has 0 spiro atoms. The van der Waals surface area contributed by atoms with Crippen LogP contribution in [0, 0.1) is 5.82 Å². The van der Waals surface area contributed by atoms with E-state index in [4.69, 9.17) is 4.74 Å². The molecule has 1 atom stereocenters. The van der Waals surface area contributed by atoms with Crippen molar-refractivity contribution in [2.45, 2.75) is 13.0 Å². The lowest BCUT2D eigenvalue weighted by Gasteiger charge is -2.14. The summed E-state index contributed by atoms with van der Waals surface area (Å²) in [6.07, 6.45) is 0. The number of carbonyl (C=O) groups excluding carboxylic acids is 1. The van der Waals surface area contributed by atoms with Gasteiger partial charge in [-0.25, -0.2) is 4.39 Å². The minimum Gasteiger partial charge on any atom is -0.497 e. The lowest BCUT2D eigenvalue weighted by atomic mass is 10.1. The van der Waals surface area contributed by atoms with Gasteiger partial charge < -0.3 is 10.1 Å². The van der Waals surface area contributed by atoms with Gasteiger partial charge in [0.05, 0.1) is 13.2 Å². The monoisotopic (exact) mass is 357 g/mol. The van der Waals surface area contributed by atoms with E-state index in [0.717, 1.165) is 22.7 Å². The zero-order valence-corrected chi connectivity index (χ0v) is 14.5. The van der Waals surface area contributed by atoms with Crippen LogP contribution in [0.25, 0.3) is 11.3 Å². The lowest BCUT2D eigenvalue weighted by Crippen LogP contribution is -2.26. The van der Waals surface area contributed by atoms with Crippen LogP contribution in [0.2, 0.25) is 0 Å². The van der Waals surface area contributed by atoms with Gasteiger partial charge in [0, 0.05) is 5.56 Å². The predicted octanol–water partition coefficient (Wildman–Crippen LogP) is 3.84. The van der Waals surface area contributed by atoms with Gasteiger partial charge in [-0.1, -0.05) is 28.8 Å². The summed E-state index contributed by atoms with van der Waals surface area (Å²) in [6.45, 7) is 1.84. The van der Waals surface area contributed by atoms with Crippen molar-refractivity contribution in [3.63, 3.8) is 0 Å². The predicted molar refractivity (Wildman–Crippen MR) is 94.2 cm³/mol. The minimum absolute atomic E-state index is 0.270. The SMILES string of the molecule is COc1cccc(-c2nnsc2C(=O)NC(C)c2ccc(F)cc2)c1. The fraction of sp³-hybridized carbons (Fsp3) is 0.167. The number of aromatic nitrogens is 2. The van der Waals surface area contributed by atoms with Crippen LogP contribution < -0.4 is 10.1 Å². The lowest BCUT2D eigenvalue weighted by molar-refractivity contribution is 0.0944. The fourth-order valence-corrected chi connectivity index (χ4v) is 2.99. The van der Waals surface area contributed by atoms with E-state index in [-0.39, 0.29) is 17.8 Å². The summed E-state index contributed by atoms with van der Waals surface area (Å²) in [5.74, 6) is 0.0930. The molecule has 0 aliphatic carbocycles. The molecule has 1 heterocycles. The Morgan fingerprint density at radius 3 is 2.72 bits per heavy atom. The van der Waals surface area contributed by atoms with E-state index < -0.39 is 0 Å². The Morgan fingerprint density at radius 2 is 2.00 bits per heavy atom. The number of benzene rings is 2. The second-order valence-corrected chi connectivity index (χ2v) is 6.18. The van der Waals surface area contributed by atoms with Gasteiger partial charge in [0.1, 0.15) is 22.1 Å². The molecule has 3 rings (SSSR count). The molecule has 7 heteroatoms. The largest absolute Gasteiger partial charge is 0.497 e. The number of methoxy groups -OCH3 is 1. The third kappa shape index (κ3) is 3.83. The molecule has 0 fully saturated rings. The van der Waals surface area contributed by atoms with E-state index in [0.29, 0.717) is 16.3 Å². The summed E-state index contributed by atoms with van der Waals surface area (Å²) in [6, 6.07) is 13.1. The minimum atomic E-state index is -0.311. The van der Waals surface area contributed by atoms with Gasteiger partial charge in [0.2, 0.25) is 0 Å². The Hall–Kier alpha value is -2.80. The average molecular weight is 357 g/mol. The van der Waals surface area contributed by atoms with Gasteiger partial charge in [-0.2, -0.15) is 0 Å². The van der Waals surface area contributed by atoms with E-state index >= 15 is 0 Å². The highest BCUT2D eigenvalue weighted by Gasteiger charge is 2.20. The highest BCUT2D eigenvalue weighted by Crippen LogP contribution is 2.27. The summed E-state index contributed by atoms with van der Waals surface area (Å²) in [5.41, 5.74) is 2.08. The van der Waals surface area contributed by atoms with Crippen LogP contribution >= 0.6 is 11.5 Å². The Labute approximate surface area is 148 Å². The van der Waals surface area contributed by atoms with Crippen LogP contribution in [0.5, 0.6) is 5.75 Å². The first kappa shape index (κ1) is 17.0. The van der Waals surface area contributed by atoms with Gasteiger partial charge in [-0.3, -0.25) is 4.79 Å². The van der Waals surface area contributed by atoms with Crippen molar-refractivity contribution in [1.29, 1.82) is 0 Å². The third-order valence-corrected chi connectivity index (χ3v) is 4.48. The average Bonchev–Trinajstić information content (AvgIpc) is 3.12. The molecule has 1 aromatic heterocycles. The van der Waals surface area contributed by atoms with Crippen LogP contribution in [0.4, 0.5) is 4.39 Å². The Morgan fingerprint density at radius 1 is 1.24 bits per heavy atom. The summed E-state index contributed by atoms with van der Waals surface area (Å²) in [7, 11) is 1.58. The molecule has 128 valence electrons. The molecule has 25 heavy (non-hydrogen) atoms. The van der Waals surface area contributed by atoms with Crippen molar-refractivity contribution < 1.29 is 13.9 Å². The molecule has 0 bridgehead atoms. The Bertz CT molecular complexity index is 880. The van der Waals surface area contributed by atoms with E-state index in [1.165, 1.54) is 12.1 Å². The number of nitrogens with one attached hydrogen (secondary N) is 1. The normalized spacial score (nSPS) is 11.8. The number of ether oxygens (including phenoxy) is 1. The topological polar surface area (TPSA) is 64.1 Å². The molecule has 2 aromatic carbocycles. The zero-order valence-electron chi connectivity index (χ0n) is 13.7. The molecule has 0 radical (unpaired) electrons. The molecule has 0 saturated carbocycles. The quantitative estimate of drug-likeness (QED) is 0.753. The molecule has 0 aliphatic heterocycles. The van der Waals surface area contributed by atoms with Crippen LogP contribution in [0.15, 0.2) is 48.5 Å². The van der Waals surface area contributed by atoms with Gasteiger partial charge in [-0.15, -0.1) is 5.10 Å². The standard InChI is InChI=1S/C18H16FN3O2S/c1-11(12-6-8-14(19)9-7-12)20-18(23)17-16(21-22-25-17)13-4-3-5-15(10-13)24-2/h3-11H,1-2H3,(H,20,23). The van der Waals surface area contributed by atoms with Crippen molar-refractivity contribution in [2.75, 3.05) is 7.11 Å². The van der Waals surface area contributed by atoms with Crippen LogP contribution in [-0.2, 0) is 0 Å². The molecular formula is C18H16FN3O2S. The molecule has 1 amide bonds. The van der Waals surface area contributed by atoms with Gasteiger partial charge >= 0.3 is 0 Å². The Kier molecular flexibility index (Phi) is 5.04. The van der Waals surface area contributed by atoms with Gasteiger partial charge in [-0.05, 0) is 48.3 Å². The molecule has 5 nitrogen and oxygen atoms in total. The maximum absolute atomic E-state index is 13.0. The van der Waals surface area contributed by atoms with E-state index in [1.54, 1.807) is 25.3 Å². The van der Waals surface area contributed by atoms with E-state index in [1.807, 2.05) is 25.1 Å². The summed E-state index contributed by atoms with van der Waals surface area (Å²) in [4.78, 5) is 13.0. The molecule has 0 aliphatic rings. The summed E-state index contributed by atoms with van der Waals surface area (Å²) in [5, 5.41) is 6.97. The zero-order chi connectivity index (χ0) is 17.8. The van der Waals surface area contributed by atoms with Crippen molar-refractivity contribution in [3.05, 3.63) is 64.8 Å². The number of rotatable bonds is 5. The highest BCUT2D eigenvalue weighted by molar-refractivity contribution is 7.08. The van der Waals surface area contributed by atoms with Gasteiger partial charge in [0.15, 0.2) is 0 Å². The maximum atomic E-state index is 13.0. The molecule has 1 N–H and O–H groups in total. The third-order valence-electron chi connectivity index (χ3n) is 3.76. The molecule has 1 unspecified atom stereocenters. The second-order valence-electron chi connectivity index (χ2n) is 5.43. The van der Waals surface area contributed by atoms with Crippen molar-refractivity contribution in [3.8, 4) is 17.0 Å². The maximum Gasteiger partial charge on any atom is 0.265 e. The highest BCUT2D eigenvalue weighted by atomic mass is 32.1. The first-order valence-electron chi connectivity index (χ1n) is 7.61. The number of halogens is 1. The molecule has 3 aromatic rings. The number of amides is 1. The second kappa shape index (κ2) is 7.40. The number of nitrogens with zero attached hydrogens (tertiary/aromatic N) is 2. The number of hydrogen-bond acceptors (Lipinski definition) is 5. The fourth-order valence-electron chi connectivity index (χ4n) is 2.40. The van der Waals surface area contributed by atoms with Crippen LogP contribution in [-0.4, -0.2) is 22.6 Å². The first-order chi connectivity index (χ1) is 12.1. The van der Waals surface area contributed by atoms with Crippen molar-refractivity contribution in [1.82, 2.24) is 14.9 Å². The molecular weight excluding hydrogens is 341 g/mol. The molecule has 0 saturated heterocycles. The number of hydrogen-bond donors (Lipinski definition) is 1. The van der Waals surface area contributed by atoms with Crippen molar-refractivity contribution in [2.24, 2.45) is 0 Å². The Balaban J connectivity index is 1.81. The number of carbonyl (C=O) groups is 1. The smallest absolute Gasteiger partial charge is 0.265 e. The van der Waals surface area contributed by atoms with Gasteiger partial charge in [0.25, 0.3) is 5.91 Å².